The van der Waals surface area contributed by atoms with Crippen molar-refractivity contribution in [1.82, 2.24) is 0 Å². The van der Waals surface area contributed by atoms with E-state index >= 15 is 0 Å². The number of nitriles is 1. The molecule has 2 aliphatic heterocycles. The third-order valence-electron chi connectivity index (χ3n) is 4.90. The van der Waals surface area contributed by atoms with Crippen molar-refractivity contribution in [2.45, 2.75) is 32.6 Å². The molecule has 1 aromatic carbocycles. The predicted molar refractivity (Wildman–Crippen MR) is 93.3 cm³/mol. The highest BCUT2D eigenvalue weighted by Gasteiger charge is 2.44. The molecule has 6 nitrogen and oxygen atoms in total. The predicted octanol–water partition coefficient (Wildman–Crippen LogP) is 3.52. The Morgan fingerprint density at radius 2 is 2.08 bits per heavy atom. The molecule has 1 atom stereocenters. The molecule has 0 saturated carbocycles. The van der Waals surface area contributed by atoms with Gasteiger partial charge in [-0.2, -0.15) is 5.26 Å². The Kier molecular flexibility index (Phi) is 3.67. The summed E-state index contributed by atoms with van der Waals surface area (Å²) in [6.07, 6.45) is 0.929. The van der Waals surface area contributed by atoms with Crippen LogP contribution in [0.2, 0.25) is 5.02 Å². The van der Waals surface area contributed by atoms with Crippen LogP contribution in [0, 0.1) is 16.7 Å². The van der Waals surface area contributed by atoms with Crippen LogP contribution in [0.15, 0.2) is 34.9 Å². The normalized spacial score (nSPS) is 23.5. The zero-order valence-electron chi connectivity index (χ0n) is 14.4. The number of hydrogen-bond acceptors (Lipinski definition) is 6. The lowest BCUT2D eigenvalue weighted by Crippen LogP contribution is -2.33. The van der Waals surface area contributed by atoms with Crippen molar-refractivity contribution in [3.05, 3.63) is 45.5 Å². The Morgan fingerprint density at radius 3 is 2.81 bits per heavy atom. The third-order valence-corrected chi connectivity index (χ3v) is 5.28. The lowest BCUT2D eigenvalue weighted by Gasteiger charge is -2.37. The highest BCUT2D eigenvalue weighted by molar-refractivity contribution is 6.33. The number of rotatable bonds is 1. The first kappa shape index (κ1) is 16.8. The summed E-state index contributed by atoms with van der Waals surface area (Å²) in [4.78, 5) is 12.9. The lowest BCUT2D eigenvalue weighted by atomic mass is 9.70. The number of halogens is 1. The SMILES string of the molecule is CC1(C)CC(=O)C2=C(C1)OC(N)=C(C#N)[C@H]2c1ccc2c(c1Cl)OCO2. The Morgan fingerprint density at radius 1 is 1.31 bits per heavy atom. The van der Waals surface area contributed by atoms with Crippen LogP contribution in [0.5, 0.6) is 11.5 Å². The first-order valence-electron chi connectivity index (χ1n) is 8.24. The molecule has 0 fully saturated rings. The van der Waals surface area contributed by atoms with Crippen LogP contribution < -0.4 is 15.2 Å². The second-order valence-electron chi connectivity index (χ2n) is 7.41. The van der Waals surface area contributed by atoms with Gasteiger partial charge in [0.1, 0.15) is 17.4 Å². The summed E-state index contributed by atoms with van der Waals surface area (Å²) in [6, 6.07) is 5.55. The van der Waals surface area contributed by atoms with E-state index < -0.39 is 5.92 Å². The number of nitrogens with two attached hydrogens (primary N) is 1. The van der Waals surface area contributed by atoms with E-state index in [0.717, 1.165) is 0 Å². The van der Waals surface area contributed by atoms with Crippen LogP contribution in [0.1, 0.15) is 38.2 Å². The summed E-state index contributed by atoms with van der Waals surface area (Å²) < 4.78 is 16.5. The van der Waals surface area contributed by atoms with E-state index in [2.05, 4.69) is 6.07 Å². The minimum atomic E-state index is -0.672. The first-order chi connectivity index (χ1) is 12.3. The van der Waals surface area contributed by atoms with Crippen LogP contribution in [0.4, 0.5) is 0 Å². The van der Waals surface area contributed by atoms with Crippen LogP contribution in [-0.4, -0.2) is 12.6 Å². The van der Waals surface area contributed by atoms with Gasteiger partial charge in [-0.1, -0.05) is 31.5 Å². The topological polar surface area (TPSA) is 94.6 Å². The summed E-state index contributed by atoms with van der Waals surface area (Å²) in [5.41, 5.74) is 6.99. The highest BCUT2D eigenvalue weighted by Crippen LogP contribution is 2.51. The standard InChI is InChI=1S/C19H17ClN2O4/c1-19(2)5-11(23)15-13(6-19)26-18(22)10(7-21)14(15)9-3-4-12-17(16(9)20)25-8-24-12/h3-4,14H,5-6,8,22H2,1-2H3/t14-/m1/s1. The number of Topliss-reactive ketones (excluding diaryl/α,β-unsaturated/α-hetero) is 1. The molecule has 0 bridgehead atoms. The van der Waals surface area contributed by atoms with E-state index in [9.17, 15) is 10.1 Å². The molecule has 26 heavy (non-hydrogen) atoms. The molecule has 4 rings (SSSR count). The van der Waals surface area contributed by atoms with Crippen molar-refractivity contribution in [3.63, 3.8) is 0 Å². The minimum absolute atomic E-state index is 0.00971. The molecule has 0 unspecified atom stereocenters. The van der Waals surface area contributed by atoms with Gasteiger partial charge in [0.15, 0.2) is 17.3 Å². The molecule has 0 aromatic heterocycles. The Bertz CT molecular complexity index is 940. The van der Waals surface area contributed by atoms with Gasteiger partial charge in [-0.05, 0) is 17.0 Å². The molecule has 2 heterocycles. The molecule has 1 aliphatic carbocycles. The van der Waals surface area contributed by atoms with Gasteiger partial charge in [-0.15, -0.1) is 0 Å². The number of carbonyl (C=O) groups is 1. The maximum absolute atomic E-state index is 12.9. The van der Waals surface area contributed by atoms with Crippen molar-refractivity contribution >= 4 is 17.4 Å². The first-order valence-corrected chi connectivity index (χ1v) is 8.62. The number of ketones is 1. The third kappa shape index (κ3) is 2.43. The fraction of sp³-hybridized carbons (Fsp3) is 0.368. The average molecular weight is 373 g/mol. The summed E-state index contributed by atoms with van der Waals surface area (Å²) in [7, 11) is 0. The van der Waals surface area contributed by atoms with Gasteiger partial charge < -0.3 is 19.9 Å². The van der Waals surface area contributed by atoms with Gasteiger partial charge in [-0.3, -0.25) is 4.79 Å². The Hall–Kier alpha value is -2.65. The van der Waals surface area contributed by atoms with Crippen molar-refractivity contribution in [1.29, 1.82) is 5.26 Å². The number of allylic oxidation sites excluding steroid dienone is 3. The minimum Gasteiger partial charge on any atom is -0.454 e. The second-order valence-corrected chi connectivity index (χ2v) is 7.78. The summed E-state index contributed by atoms with van der Waals surface area (Å²) in [6.45, 7) is 4.08. The average Bonchev–Trinajstić information content (AvgIpc) is 3.02. The molecule has 0 amide bonds. The largest absolute Gasteiger partial charge is 0.454 e. The van der Waals surface area contributed by atoms with Crippen molar-refractivity contribution in [3.8, 4) is 17.6 Å². The molecule has 3 aliphatic rings. The molecule has 134 valence electrons. The fourth-order valence-corrected chi connectivity index (χ4v) is 4.09. The summed E-state index contributed by atoms with van der Waals surface area (Å²) in [5.74, 6) is 0.741. The van der Waals surface area contributed by atoms with Crippen LogP contribution >= 0.6 is 11.6 Å². The Labute approximate surface area is 155 Å². The van der Waals surface area contributed by atoms with Gasteiger partial charge in [-0.25, -0.2) is 0 Å². The maximum Gasteiger partial charge on any atom is 0.231 e. The molecule has 7 heteroatoms. The van der Waals surface area contributed by atoms with E-state index in [-0.39, 0.29) is 29.4 Å². The van der Waals surface area contributed by atoms with Crippen LogP contribution in [0.3, 0.4) is 0 Å². The van der Waals surface area contributed by atoms with Crippen molar-refractivity contribution < 1.29 is 19.0 Å². The lowest BCUT2D eigenvalue weighted by molar-refractivity contribution is -0.119. The summed E-state index contributed by atoms with van der Waals surface area (Å²) in [5, 5.41) is 9.97. The smallest absolute Gasteiger partial charge is 0.231 e. The van der Waals surface area contributed by atoms with Crippen LogP contribution in [-0.2, 0) is 9.53 Å². The Balaban J connectivity index is 1.92. The van der Waals surface area contributed by atoms with Gasteiger partial charge in [0, 0.05) is 18.4 Å². The van der Waals surface area contributed by atoms with Crippen molar-refractivity contribution in [2.75, 3.05) is 6.79 Å². The number of ether oxygens (including phenoxy) is 3. The maximum atomic E-state index is 12.9. The molecule has 1 aromatic rings. The molecule has 0 saturated heterocycles. The van der Waals surface area contributed by atoms with E-state index in [1.165, 1.54) is 0 Å². The monoisotopic (exact) mass is 372 g/mol. The molecule has 0 spiro atoms. The number of nitrogens with zero attached hydrogens (tertiary/aromatic N) is 1. The van der Waals surface area contributed by atoms with Gasteiger partial charge in [0.25, 0.3) is 0 Å². The zero-order valence-corrected chi connectivity index (χ0v) is 15.1. The second kappa shape index (κ2) is 5.68. The molecule has 2 N–H and O–H groups in total. The number of fused-ring (bicyclic) bond motifs is 1. The molecule has 0 radical (unpaired) electrons. The number of hydrogen-bond donors (Lipinski definition) is 1. The van der Waals surface area contributed by atoms with E-state index in [0.29, 0.717) is 46.3 Å². The molecular formula is C19H17ClN2O4. The van der Waals surface area contributed by atoms with E-state index in [1.807, 2.05) is 13.8 Å². The number of carbonyl (C=O) groups excluding carboxylic acids is 1. The van der Waals surface area contributed by atoms with Gasteiger partial charge >= 0.3 is 0 Å². The summed E-state index contributed by atoms with van der Waals surface area (Å²) >= 11 is 6.54. The van der Waals surface area contributed by atoms with Crippen LogP contribution in [0.25, 0.3) is 0 Å². The molecular weight excluding hydrogens is 356 g/mol. The quantitative estimate of drug-likeness (QED) is 0.810. The van der Waals surface area contributed by atoms with E-state index in [1.54, 1.807) is 12.1 Å². The van der Waals surface area contributed by atoms with Crippen molar-refractivity contribution in [2.24, 2.45) is 11.1 Å². The van der Waals surface area contributed by atoms with Gasteiger partial charge in [0.2, 0.25) is 12.7 Å². The zero-order chi connectivity index (χ0) is 18.6. The van der Waals surface area contributed by atoms with Gasteiger partial charge in [0.05, 0.1) is 10.9 Å². The number of benzene rings is 1. The van der Waals surface area contributed by atoms with E-state index in [4.69, 9.17) is 31.5 Å². The fourth-order valence-electron chi connectivity index (χ4n) is 3.77. The highest BCUT2D eigenvalue weighted by atomic mass is 35.5.